The Morgan fingerprint density at radius 1 is 1.04 bits per heavy atom. The maximum absolute atomic E-state index is 12.8. The first-order chi connectivity index (χ1) is 12.0. The lowest BCUT2D eigenvalue weighted by Crippen LogP contribution is -2.52. The average molecular weight is 351 g/mol. The number of anilines is 1. The van der Waals surface area contributed by atoms with Gasteiger partial charge in [-0.3, -0.25) is 19.3 Å². The van der Waals surface area contributed by atoms with Gasteiger partial charge in [0.2, 0.25) is 17.7 Å². The quantitative estimate of drug-likeness (QED) is 0.608. The molecule has 136 valence electrons. The van der Waals surface area contributed by atoms with Crippen molar-refractivity contribution in [3.8, 4) is 0 Å². The fourth-order valence-corrected chi connectivity index (χ4v) is 2.45. The van der Waals surface area contributed by atoms with Crippen molar-refractivity contribution < 1.29 is 18.8 Å². The first kappa shape index (κ1) is 18.8. The number of nitrogens with one attached hydrogen (secondary N) is 2. The lowest BCUT2D eigenvalue weighted by Gasteiger charge is -2.34. The van der Waals surface area contributed by atoms with E-state index >= 15 is 0 Å². The van der Waals surface area contributed by atoms with Crippen molar-refractivity contribution in [2.45, 2.75) is 0 Å². The number of amides is 3. The largest absolute Gasteiger partial charge is 0.346 e. The molecule has 0 radical (unpaired) electrons. The third-order valence-corrected chi connectivity index (χ3v) is 3.84. The number of hydrogen-bond donors (Lipinski definition) is 3. The summed E-state index contributed by atoms with van der Waals surface area (Å²) in [5.41, 5.74) is 5.70. The topological polar surface area (TPSA) is 108 Å². The first-order valence-electron chi connectivity index (χ1n) is 8.00. The van der Waals surface area contributed by atoms with Crippen LogP contribution in [0.15, 0.2) is 24.3 Å². The molecule has 4 N–H and O–H groups in total. The number of carbonyl (C=O) groups excluding carboxylic acids is 3. The zero-order valence-electron chi connectivity index (χ0n) is 13.8. The van der Waals surface area contributed by atoms with Gasteiger partial charge in [-0.05, 0) is 24.3 Å². The van der Waals surface area contributed by atoms with E-state index in [9.17, 15) is 18.8 Å². The van der Waals surface area contributed by atoms with Crippen molar-refractivity contribution in [2.24, 2.45) is 5.73 Å². The Morgan fingerprint density at radius 3 is 2.28 bits per heavy atom. The predicted octanol–water partition coefficient (Wildman–Crippen LogP) is -1.02. The molecule has 1 aliphatic rings. The van der Waals surface area contributed by atoms with Gasteiger partial charge in [-0.15, -0.1) is 0 Å². The number of nitrogens with zero attached hydrogens (tertiary/aromatic N) is 2. The van der Waals surface area contributed by atoms with E-state index in [0.29, 0.717) is 31.9 Å². The number of nitrogens with two attached hydrogens (primary N) is 1. The minimum Gasteiger partial charge on any atom is -0.346 e. The van der Waals surface area contributed by atoms with Gasteiger partial charge in [0.25, 0.3) is 0 Å². The van der Waals surface area contributed by atoms with Gasteiger partial charge in [0.1, 0.15) is 5.82 Å². The van der Waals surface area contributed by atoms with Crippen LogP contribution >= 0.6 is 0 Å². The summed E-state index contributed by atoms with van der Waals surface area (Å²) in [4.78, 5) is 38.6. The van der Waals surface area contributed by atoms with E-state index in [1.54, 1.807) is 4.90 Å². The van der Waals surface area contributed by atoms with Crippen LogP contribution in [0.25, 0.3) is 0 Å². The number of hydrogen-bond acceptors (Lipinski definition) is 5. The molecule has 9 heteroatoms. The number of halogens is 1. The Kier molecular flexibility index (Phi) is 6.84. The Bertz CT molecular complexity index is 615. The molecule has 1 aromatic rings. The third kappa shape index (κ3) is 6.12. The molecule has 1 aromatic carbocycles. The van der Waals surface area contributed by atoms with Gasteiger partial charge in [-0.1, -0.05) is 0 Å². The van der Waals surface area contributed by atoms with Gasteiger partial charge in [-0.25, -0.2) is 4.39 Å². The molecular weight excluding hydrogens is 329 g/mol. The molecule has 0 unspecified atom stereocenters. The highest BCUT2D eigenvalue weighted by molar-refractivity contribution is 5.92. The molecule has 1 aliphatic heterocycles. The van der Waals surface area contributed by atoms with Crippen LogP contribution in [0, 0.1) is 5.82 Å². The van der Waals surface area contributed by atoms with Crippen molar-refractivity contribution in [1.29, 1.82) is 0 Å². The summed E-state index contributed by atoms with van der Waals surface area (Å²) in [6.07, 6.45) is 0. The van der Waals surface area contributed by atoms with Crippen LogP contribution in [-0.2, 0) is 14.4 Å². The molecule has 2 rings (SSSR count). The number of rotatable bonds is 6. The first-order valence-corrected chi connectivity index (χ1v) is 8.00. The molecule has 0 spiro atoms. The molecule has 3 amide bonds. The highest BCUT2D eigenvalue weighted by Gasteiger charge is 2.22. The average Bonchev–Trinajstić information content (AvgIpc) is 2.62. The van der Waals surface area contributed by atoms with Gasteiger partial charge in [0.05, 0.1) is 19.6 Å². The van der Waals surface area contributed by atoms with E-state index < -0.39 is 0 Å². The van der Waals surface area contributed by atoms with Gasteiger partial charge in [0.15, 0.2) is 0 Å². The fourth-order valence-electron chi connectivity index (χ4n) is 2.45. The second-order valence-electron chi connectivity index (χ2n) is 5.69. The van der Waals surface area contributed by atoms with Crippen LogP contribution in [0.2, 0.25) is 0 Å². The molecule has 8 nitrogen and oxygen atoms in total. The standard InChI is InChI=1S/C16H22FN5O3/c17-12-1-3-13(4-2-12)20-15(24)11-21-5-7-22(8-6-21)16(25)10-19-14(23)9-18/h1-4H,5-11,18H2,(H,19,23)(H,20,24). The van der Waals surface area contributed by atoms with Crippen molar-refractivity contribution in [3.63, 3.8) is 0 Å². The fraction of sp³-hybridized carbons (Fsp3) is 0.438. The smallest absolute Gasteiger partial charge is 0.242 e. The normalized spacial score (nSPS) is 14.9. The summed E-state index contributed by atoms with van der Waals surface area (Å²) in [5, 5.41) is 5.15. The van der Waals surface area contributed by atoms with Gasteiger partial charge < -0.3 is 21.3 Å². The Morgan fingerprint density at radius 2 is 1.68 bits per heavy atom. The molecule has 0 atom stereocenters. The van der Waals surface area contributed by atoms with E-state index in [2.05, 4.69) is 10.6 Å². The summed E-state index contributed by atoms with van der Waals surface area (Å²) in [6.45, 7) is 2.08. The molecule has 0 aliphatic carbocycles. The molecule has 0 aromatic heterocycles. The van der Waals surface area contributed by atoms with Crippen LogP contribution in [0.5, 0.6) is 0 Å². The summed E-state index contributed by atoms with van der Waals surface area (Å²) < 4.78 is 12.8. The van der Waals surface area contributed by atoms with Gasteiger partial charge in [0, 0.05) is 31.9 Å². The van der Waals surface area contributed by atoms with Crippen LogP contribution in [0.3, 0.4) is 0 Å². The summed E-state index contributed by atoms with van der Waals surface area (Å²) >= 11 is 0. The van der Waals surface area contributed by atoms with Crippen LogP contribution in [0.1, 0.15) is 0 Å². The summed E-state index contributed by atoms with van der Waals surface area (Å²) in [6, 6.07) is 5.56. The second kappa shape index (κ2) is 9.09. The van der Waals surface area contributed by atoms with Crippen LogP contribution in [-0.4, -0.2) is 73.3 Å². The number of benzene rings is 1. The molecule has 1 heterocycles. The molecule has 1 fully saturated rings. The van der Waals surface area contributed by atoms with E-state index in [1.165, 1.54) is 24.3 Å². The van der Waals surface area contributed by atoms with Crippen LogP contribution in [0.4, 0.5) is 10.1 Å². The maximum Gasteiger partial charge on any atom is 0.242 e. The van der Waals surface area contributed by atoms with Crippen LogP contribution < -0.4 is 16.4 Å². The van der Waals surface area contributed by atoms with Gasteiger partial charge in [-0.2, -0.15) is 0 Å². The third-order valence-electron chi connectivity index (χ3n) is 3.84. The van der Waals surface area contributed by atoms with Gasteiger partial charge >= 0.3 is 0 Å². The van der Waals surface area contributed by atoms with Crippen molar-refractivity contribution >= 4 is 23.4 Å². The number of carbonyl (C=O) groups is 3. The molecule has 1 saturated heterocycles. The highest BCUT2D eigenvalue weighted by Crippen LogP contribution is 2.09. The zero-order valence-corrected chi connectivity index (χ0v) is 13.8. The molecule has 25 heavy (non-hydrogen) atoms. The molecule has 0 bridgehead atoms. The SMILES string of the molecule is NCC(=O)NCC(=O)N1CCN(CC(=O)Nc2ccc(F)cc2)CC1. The van der Waals surface area contributed by atoms with Crippen molar-refractivity contribution in [2.75, 3.05) is 51.1 Å². The Hall–Kier alpha value is -2.52. The van der Waals surface area contributed by atoms with Crippen molar-refractivity contribution in [1.82, 2.24) is 15.1 Å². The van der Waals surface area contributed by atoms with E-state index in [1.807, 2.05) is 4.90 Å². The molecule has 0 saturated carbocycles. The Labute approximate surface area is 145 Å². The summed E-state index contributed by atoms with van der Waals surface area (Å²) in [7, 11) is 0. The van der Waals surface area contributed by atoms with E-state index in [-0.39, 0.29) is 43.2 Å². The lowest BCUT2D eigenvalue weighted by atomic mass is 10.3. The predicted molar refractivity (Wildman–Crippen MR) is 90.1 cm³/mol. The van der Waals surface area contributed by atoms with E-state index in [0.717, 1.165) is 0 Å². The van der Waals surface area contributed by atoms with E-state index in [4.69, 9.17) is 5.73 Å². The lowest BCUT2D eigenvalue weighted by molar-refractivity contribution is -0.134. The number of piperazine rings is 1. The monoisotopic (exact) mass is 351 g/mol. The maximum atomic E-state index is 12.8. The van der Waals surface area contributed by atoms with Crippen molar-refractivity contribution in [3.05, 3.63) is 30.1 Å². The zero-order chi connectivity index (χ0) is 18.2. The Balaban J connectivity index is 1.70. The second-order valence-corrected chi connectivity index (χ2v) is 5.69. The molecular formula is C16H22FN5O3. The highest BCUT2D eigenvalue weighted by atomic mass is 19.1. The minimum absolute atomic E-state index is 0.0684. The minimum atomic E-state index is -0.371. The summed E-state index contributed by atoms with van der Waals surface area (Å²) in [5.74, 6) is -1.09.